The lowest BCUT2D eigenvalue weighted by Crippen LogP contribution is -2.38. The molecule has 1 atom stereocenters. The molecular formula is C14H20N2O3. The normalized spacial score (nSPS) is 12.2. The van der Waals surface area contributed by atoms with Crippen molar-refractivity contribution in [1.82, 2.24) is 10.2 Å². The number of hydrogen-bond acceptors (Lipinski definition) is 3. The lowest BCUT2D eigenvalue weighted by Gasteiger charge is -2.16. The third-order valence-corrected chi connectivity index (χ3v) is 2.79. The number of carbonyl (C=O) groups is 2. The summed E-state index contributed by atoms with van der Waals surface area (Å²) < 4.78 is 0. The molecule has 0 aliphatic heterocycles. The van der Waals surface area contributed by atoms with Crippen molar-refractivity contribution in [3.05, 3.63) is 35.9 Å². The minimum Gasteiger partial charge on any atom is -0.480 e. The average Bonchev–Trinajstić information content (AvgIpc) is 2.36. The number of nitrogens with zero attached hydrogens (tertiary/aromatic N) is 1. The molecule has 0 saturated carbocycles. The van der Waals surface area contributed by atoms with Gasteiger partial charge in [-0.3, -0.25) is 14.5 Å². The molecule has 1 aromatic rings. The molecule has 0 spiro atoms. The maximum Gasteiger partial charge on any atom is 0.317 e. The zero-order valence-electron chi connectivity index (χ0n) is 11.3. The molecule has 1 unspecified atom stereocenters. The van der Waals surface area contributed by atoms with Crippen LogP contribution in [0.1, 0.15) is 18.4 Å². The van der Waals surface area contributed by atoms with Crippen molar-refractivity contribution in [2.45, 2.75) is 12.8 Å². The van der Waals surface area contributed by atoms with E-state index in [0.29, 0.717) is 6.54 Å². The number of rotatable bonds is 7. The van der Waals surface area contributed by atoms with Gasteiger partial charge in [0.15, 0.2) is 0 Å². The second-order valence-corrected chi connectivity index (χ2v) is 4.68. The van der Waals surface area contributed by atoms with Crippen LogP contribution in [0.4, 0.5) is 0 Å². The fraction of sp³-hybridized carbons (Fsp3) is 0.429. The highest BCUT2D eigenvalue weighted by Gasteiger charge is 2.11. The maximum absolute atomic E-state index is 11.6. The Morgan fingerprint density at radius 3 is 2.47 bits per heavy atom. The van der Waals surface area contributed by atoms with Crippen LogP contribution in [0.5, 0.6) is 0 Å². The van der Waals surface area contributed by atoms with Crippen LogP contribution in [0.15, 0.2) is 30.3 Å². The Morgan fingerprint density at radius 2 is 1.89 bits per heavy atom. The van der Waals surface area contributed by atoms with Crippen molar-refractivity contribution >= 4 is 11.9 Å². The van der Waals surface area contributed by atoms with E-state index in [1.54, 1.807) is 7.05 Å². The summed E-state index contributed by atoms with van der Waals surface area (Å²) in [6, 6.07) is 9.93. The first-order chi connectivity index (χ1) is 8.99. The molecule has 1 aromatic carbocycles. The van der Waals surface area contributed by atoms with E-state index in [4.69, 9.17) is 5.11 Å². The number of aliphatic carboxylic acids is 1. The first-order valence-electron chi connectivity index (χ1n) is 6.21. The van der Waals surface area contributed by atoms with Gasteiger partial charge < -0.3 is 10.4 Å². The van der Waals surface area contributed by atoms with Crippen LogP contribution < -0.4 is 5.32 Å². The molecule has 5 heteroatoms. The predicted molar refractivity (Wildman–Crippen MR) is 73.0 cm³/mol. The third-order valence-electron chi connectivity index (χ3n) is 2.79. The number of hydrogen-bond donors (Lipinski definition) is 2. The molecule has 19 heavy (non-hydrogen) atoms. The molecule has 0 heterocycles. The van der Waals surface area contributed by atoms with Gasteiger partial charge in [-0.15, -0.1) is 0 Å². The Hall–Kier alpha value is -1.88. The Kier molecular flexibility index (Phi) is 6.02. The minimum atomic E-state index is -0.937. The topological polar surface area (TPSA) is 69.6 Å². The summed E-state index contributed by atoms with van der Waals surface area (Å²) in [5, 5.41) is 11.4. The van der Waals surface area contributed by atoms with Gasteiger partial charge in [0.2, 0.25) is 5.91 Å². The molecule has 0 aliphatic carbocycles. The molecule has 104 valence electrons. The largest absolute Gasteiger partial charge is 0.480 e. The molecule has 0 aliphatic rings. The highest BCUT2D eigenvalue weighted by Crippen LogP contribution is 2.12. The number of amides is 1. The van der Waals surface area contributed by atoms with E-state index in [-0.39, 0.29) is 24.9 Å². The van der Waals surface area contributed by atoms with Gasteiger partial charge in [0.1, 0.15) is 0 Å². The maximum atomic E-state index is 11.6. The summed E-state index contributed by atoms with van der Waals surface area (Å²) in [5.41, 5.74) is 1.17. The molecule has 1 rings (SSSR count). The zero-order valence-corrected chi connectivity index (χ0v) is 11.3. The van der Waals surface area contributed by atoms with Crippen LogP contribution >= 0.6 is 0 Å². The fourth-order valence-corrected chi connectivity index (χ4v) is 1.75. The van der Waals surface area contributed by atoms with Gasteiger partial charge in [-0.2, -0.15) is 0 Å². The number of carbonyl (C=O) groups excluding carboxylic acids is 1. The van der Waals surface area contributed by atoms with E-state index in [2.05, 4.69) is 5.32 Å². The molecule has 2 N–H and O–H groups in total. The van der Waals surface area contributed by atoms with Gasteiger partial charge in [-0.1, -0.05) is 37.3 Å². The van der Waals surface area contributed by atoms with Crippen LogP contribution in [0.25, 0.3) is 0 Å². The van der Waals surface area contributed by atoms with E-state index in [0.717, 1.165) is 0 Å². The van der Waals surface area contributed by atoms with Crippen LogP contribution in [-0.4, -0.2) is 48.6 Å². The molecule has 0 radical (unpaired) electrons. The van der Waals surface area contributed by atoms with E-state index in [1.165, 1.54) is 10.5 Å². The van der Waals surface area contributed by atoms with Crippen LogP contribution in [0, 0.1) is 0 Å². The minimum absolute atomic E-state index is 0.0911. The van der Waals surface area contributed by atoms with Gasteiger partial charge in [0.25, 0.3) is 0 Å². The van der Waals surface area contributed by atoms with Crippen LogP contribution in [0.3, 0.4) is 0 Å². The van der Waals surface area contributed by atoms with Gasteiger partial charge >= 0.3 is 5.97 Å². The smallest absolute Gasteiger partial charge is 0.317 e. The number of nitrogens with one attached hydrogen (secondary N) is 1. The fourth-order valence-electron chi connectivity index (χ4n) is 1.75. The molecule has 0 bridgehead atoms. The van der Waals surface area contributed by atoms with E-state index in [1.807, 2.05) is 37.3 Å². The Labute approximate surface area is 113 Å². The number of benzene rings is 1. The van der Waals surface area contributed by atoms with Crippen molar-refractivity contribution < 1.29 is 14.7 Å². The molecule has 0 aromatic heterocycles. The molecule has 0 saturated heterocycles. The highest BCUT2D eigenvalue weighted by atomic mass is 16.4. The van der Waals surface area contributed by atoms with Gasteiger partial charge in [-0.25, -0.2) is 0 Å². The lowest BCUT2D eigenvalue weighted by molar-refractivity contribution is -0.138. The van der Waals surface area contributed by atoms with E-state index >= 15 is 0 Å². The molecule has 0 fully saturated rings. The van der Waals surface area contributed by atoms with Crippen LogP contribution in [-0.2, 0) is 9.59 Å². The summed E-state index contributed by atoms with van der Waals surface area (Å²) in [6.07, 6.45) is 0. The molecule has 5 nitrogen and oxygen atoms in total. The molecule has 1 amide bonds. The average molecular weight is 264 g/mol. The summed E-state index contributed by atoms with van der Waals surface area (Å²) in [5.74, 6) is -0.866. The predicted octanol–water partition coefficient (Wildman–Crippen LogP) is 0.923. The third kappa shape index (κ3) is 6.01. The molecular weight excluding hydrogens is 244 g/mol. The number of carboxylic acids is 1. The lowest BCUT2D eigenvalue weighted by atomic mass is 10.0. The number of carboxylic acid groups (broad SMARTS) is 1. The monoisotopic (exact) mass is 264 g/mol. The van der Waals surface area contributed by atoms with Gasteiger partial charge in [-0.05, 0) is 18.5 Å². The first kappa shape index (κ1) is 15.2. The summed E-state index contributed by atoms with van der Waals surface area (Å²) in [7, 11) is 1.61. The van der Waals surface area contributed by atoms with Crippen LogP contribution in [0.2, 0.25) is 0 Å². The zero-order chi connectivity index (χ0) is 14.3. The van der Waals surface area contributed by atoms with Crippen molar-refractivity contribution in [2.24, 2.45) is 0 Å². The summed E-state index contributed by atoms with van der Waals surface area (Å²) in [6.45, 7) is 2.54. The van der Waals surface area contributed by atoms with Gasteiger partial charge in [0.05, 0.1) is 13.1 Å². The number of likely N-dealkylation sites (N-methyl/N-ethyl adjacent to an activating group) is 1. The summed E-state index contributed by atoms with van der Waals surface area (Å²) in [4.78, 5) is 23.6. The Bertz CT molecular complexity index is 420. The Balaban J connectivity index is 2.32. The van der Waals surface area contributed by atoms with E-state index in [9.17, 15) is 9.59 Å². The van der Waals surface area contributed by atoms with Crippen molar-refractivity contribution in [3.8, 4) is 0 Å². The Morgan fingerprint density at radius 1 is 1.26 bits per heavy atom. The first-order valence-corrected chi connectivity index (χ1v) is 6.21. The van der Waals surface area contributed by atoms with Crippen molar-refractivity contribution in [2.75, 3.05) is 26.7 Å². The second-order valence-electron chi connectivity index (χ2n) is 4.68. The summed E-state index contributed by atoms with van der Waals surface area (Å²) >= 11 is 0. The van der Waals surface area contributed by atoms with Gasteiger partial charge in [0, 0.05) is 6.54 Å². The standard InChI is InChI=1S/C14H20N2O3/c1-11(12-6-4-3-5-7-12)8-15-13(17)9-16(2)10-14(18)19/h3-7,11H,8-10H2,1-2H3,(H,15,17)(H,18,19). The van der Waals surface area contributed by atoms with Crippen molar-refractivity contribution in [1.29, 1.82) is 0 Å². The SMILES string of the molecule is CC(CNC(=O)CN(C)CC(=O)O)c1ccccc1. The second kappa shape index (κ2) is 7.53. The highest BCUT2D eigenvalue weighted by molar-refractivity contribution is 5.79. The quantitative estimate of drug-likeness (QED) is 0.768. The van der Waals surface area contributed by atoms with Crippen molar-refractivity contribution in [3.63, 3.8) is 0 Å². The van der Waals surface area contributed by atoms with E-state index < -0.39 is 5.97 Å².